The Morgan fingerprint density at radius 3 is 2.50 bits per heavy atom. The molecule has 0 aliphatic rings. The largest absolute Gasteiger partial charge is 0.309 e. The van der Waals surface area contributed by atoms with E-state index < -0.39 is 0 Å². The Morgan fingerprint density at radius 1 is 0.864 bits per heavy atom. The highest BCUT2D eigenvalue weighted by Crippen LogP contribution is 2.18. The molecule has 3 aromatic carbocycles. The van der Waals surface area contributed by atoms with E-state index in [1.165, 1.54) is 28.5 Å². The van der Waals surface area contributed by atoms with Gasteiger partial charge < -0.3 is 5.32 Å². The summed E-state index contributed by atoms with van der Waals surface area (Å²) in [6, 6.07) is 21.3. The number of halogens is 1. The molecule has 0 bridgehead atoms. The molecule has 0 fully saturated rings. The molecule has 110 valence electrons. The van der Waals surface area contributed by atoms with Gasteiger partial charge in [0.25, 0.3) is 0 Å². The Kier molecular flexibility index (Phi) is 4.62. The fourth-order valence-electron chi connectivity index (χ4n) is 2.51. The minimum atomic E-state index is -0.203. The first-order chi connectivity index (χ1) is 10.8. The number of hydrogen-bond acceptors (Lipinski definition) is 1. The molecule has 0 unspecified atom stereocenters. The summed E-state index contributed by atoms with van der Waals surface area (Å²) >= 11 is 0. The fourth-order valence-corrected chi connectivity index (χ4v) is 2.51. The van der Waals surface area contributed by atoms with Crippen LogP contribution in [-0.2, 0) is 6.54 Å². The Labute approximate surface area is 130 Å². The van der Waals surface area contributed by atoms with Gasteiger partial charge in [0.15, 0.2) is 0 Å². The summed E-state index contributed by atoms with van der Waals surface area (Å²) in [5.41, 5.74) is 2.31. The van der Waals surface area contributed by atoms with Crippen molar-refractivity contribution in [3.63, 3.8) is 0 Å². The van der Waals surface area contributed by atoms with Crippen LogP contribution in [0.2, 0.25) is 0 Å². The standard InChI is InChI=1S/C20H18FN/c21-19-12-10-16(11-13-19)5-4-14-22-15-18-8-3-7-17-6-1-2-9-20(17)18/h1-13,22H,14-15H2. The molecular formula is C20H18FN. The second-order valence-electron chi connectivity index (χ2n) is 5.22. The summed E-state index contributed by atoms with van der Waals surface area (Å²) in [5.74, 6) is -0.203. The molecule has 0 saturated carbocycles. The minimum Gasteiger partial charge on any atom is -0.309 e. The maximum atomic E-state index is 12.8. The summed E-state index contributed by atoms with van der Waals surface area (Å²) in [6.07, 6.45) is 4.05. The number of rotatable bonds is 5. The molecule has 0 aliphatic carbocycles. The van der Waals surface area contributed by atoms with Crippen molar-refractivity contribution in [3.05, 3.63) is 89.8 Å². The molecule has 1 nitrogen and oxygen atoms in total. The van der Waals surface area contributed by atoms with Gasteiger partial charge in [0.05, 0.1) is 0 Å². The van der Waals surface area contributed by atoms with Crippen LogP contribution in [0.25, 0.3) is 16.8 Å². The van der Waals surface area contributed by atoms with Crippen LogP contribution in [0, 0.1) is 5.82 Å². The zero-order chi connectivity index (χ0) is 15.2. The normalized spacial score (nSPS) is 11.3. The molecule has 22 heavy (non-hydrogen) atoms. The number of nitrogens with one attached hydrogen (secondary N) is 1. The van der Waals surface area contributed by atoms with Gasteiger partial charge in [0, 0.05) is 13.1 Å². The van der Waals surface area contributed by atoms with Gasteiger partial charge >= 0.3 is 0 Å². The molecule has 0 heterocycles. The van der Waals surface area contributed by atoms with E-state index in [1.807, 2.05) is 6.08 Å². The van der Waals surface area contributed by atoms with E-state index in [4.69, 9.17) is 0 Å². The van der Waals surface area contributed by atoms with Crippen LogP contribution in [0.3, 0.4) is 0 Å². The number of benzene rings is 3. The first-order valence-corrected chi connectivity index (χ1v) is 7.42. The molecule has 3 aromatic rings. The predicted molar refractivity (Wildman–Crippen MR) is 91.1 cm³/mol. The number of fused-ring (bicyclic) bond motifs is 1. The second-order valence-corrected chi connectivity index (χ2v) is 5.22. The quantitative estimate of drug-likeness (QED) is 0.667. The third kappa shape index (κ3) is 3.60. The average molecular weight is 291 g/mol. The first-order valence-electron chi connectivity index (χ1n) is 7.42. The molecule has 0 aromatic heterocycles. The molecule has 0 radical (unpaired) electrons. The van der Waals surface area contributed by atoms with E-state index in [-0.39, 0.29) is 5.82 Å². The Bertz CT molecular complexity index is 770. The molecule has 0 spiro atoms. The van der Waals surface area contributed by atoms with E-state index in [9.17, 15) is 4.39 Å². The van der Waals surface area contributed by atoms with Crippen molar-refractivity contribution in [3.8, 4) is 0 Å². The highest BCUT2D eigenvalue weighted by Gasteiger charge is 1.98. The van der Waals surface area contributed by atoms with Crippen molar-refractivity contribution in [2.45, 2.75) is 6.54 Å². The van der Waals surface area contributed by atoms with E-state index >= 15 is 0 Å². The van der Waals surface area contributed by atoms with Crippen molar-refractivity contribution in [1.82, 2.24) is 5.32 Å². The SMILES string of the molecule is Fc1ccc(C=CCNCc2cccc3ccccc23)cc1. The molecule has 0 aliphatic heterocycles. The summed E-state index contributed by atoms with van der Waals surface area (Å²) in [6.45, 7) is 1.61. The van der Waals surface area contributed by atoms with Gasteiger partial charge in [-0.2, -0.15) is 0 Å². The topological polar surface area (TPSA) is 12.0 Å². The lowest BCUT2D eigenvalue weighted by atomic mass is 10.0. The average Bonchev–Trinajstić information content (AvgIpc) is 2.56. The Balaban J connectivity index is 1.57. The lowest BCUT2D eigenvalue weighted by molar-refractivity contribution is 0.628. The van der Waals surface area contributed by atoms with E-state index in [0.717, 1.165) is 18.7 Å². The summed E-state index contributed by atoms with van der Waals surface area (Å²) in [4.78, 5) is 0. The van der Waals surface area contributed by atoms with Gasteiger partial charge in [0.1, 0.15) is 5.82 Å². The summed E-state index contributed by atoms with van der Waals surface area (Å²) < 4.78 is 12.8. The van der Waals surface area contributed by atoms with Crippen LogP contribution in [-0.4, -0.2) is 6.54 Å². The van der Waals surface area contributed by atoms with Crippen molar-refractivity contribution >= 4 is 16.8 Å². The van der Waals surface area contributed by atoms with Crippen LogP contribution < -0.4 is 5.32 Å². The summed E-state index contributed by atoms with van der Waals surface area (Å²) in [7, 11) is 0. The third-order valence-corrected chi connectivity index (χ3v) is 3.64. The van der Waals surface area contributed by atoms with Gasteiger partial charge in [-0.3, -0.25) is 0 Å². The van der Waals surface area contributed by atoms with Crippen molar-refractivity contribution < 1.29 is 4.39 Å². The molecule has 3 rings (SSSR count). The van der Waals surface area contributed by atoms with Crippen molar-refractivity contribution in [2.24, 2.45) is 0 Å². The first kappa shape index (κ1) is 14.5. The van der Waals surface area contributed by atoms with Crippen LogP contribution in [0.15, 0.2) is 72.8 Å². The summed E-state index contributed by atoms with van der Waals surface area (Å²) in [5, 5.41) is 5.97. The molecule has 0 saturated heterocycles. The number of hydrogen-bond donors (Lipinski definition) is 1. The molecule has 2 heteroatoms. The predicted octanol–water partition coefficient (Wildman–Crippen LogP) is 4.78. The van der Waals surface area contributed by atoms with E-state index in [2.05, 4.69) is 53.9 Å². The monoisotopic (exact) mass is 291 g/mol. The lowest BCUT2D eigenvalue weighted by Gasteiger charge is -2.06. The van der Waals surface area contributed by atoms with Crippen molar-refractivity contribution in [2.75, 3.05) is 6.54 Å². The molecular weight excluding hydrogens is 273 g/mol. The highest BCUT2D eigenvalue weighted by atomic mass is 19.1. The van der Waals surface area contributed by atoms with Crippen LogP contribution in [0.4, 0.5) is 4.39 Å². The zero-order valence-corrected chi connectivity index (χ0v) is 12.3. The Morgan fingerprint density at radius 2 is 1.64 bits per heavy atom. The van der Waals surface area contributed by atoms with Gasteiger partial charge in [0.2, 0.25) is 0 Å². The maximum Gasteiger partial charge on any atom is 0.123 e. The van der Waals surface area contributed by atoms with Crippen LogP contribution in [0.1, 0.15) is 11.1 Å². The van der Waals surface area contributed by atoms with Gasteiger partial charge in [-0.1, -0.05) is 66.7 Å². The zero-order valence-electron chi connectivity index (χ0n) is 12.3. The fraction of sp³-hybridized carbons (Fsp3) is 0.100. The smallest absolute Gasteiger partial charge is 0.123 e. The second kappa shape index (κ2) is 7.01. The van der Waals surface area contributed by atoms with Gasteiger partial charge in [-0.05, 0) is 34.0 Å². The third-order valence-electron chi connectivity index (χ3n) is 3.64. The molecule has 1 N–H and O–H groups in total. The molecule has 0 amide bonds. The van der Waals surface area contributed by atoms with Crippen molar-refractivity contribution in [1.29, 1.82) is 0 Å². The minimum absolute atomic E-state index is 0.203. The lowest BCUT2D eigenvalue weighted by Crippen LogP contribution is -2.12. The maximum absolute atomic E-state index is 12.8. The van der Waals surface area contributed by atoms with Crippen LogP contribution >= 0.6 is 0 Å². The van der Waals surface area contributed by atoms with Gasteiger partial charge in [-0.15, -0.1) is 0 Å². The molecule has 0 atom stereocenters. The van der Waals surface area contributed by atoms with E-state index in [1.54, 1.807) is 12.1 Å². The van der Waals surface area contributed by atoms with Crippen LogP contribution in [0.5, 0.6) is 0 Å². The highest BCUT2D eigenvalue weighted by molar-refractivity contribution is 5.85. The van der Waals surface area contributed by atoms with Gasteiger partial charge in [-0.25, -0.2) is 4.39 Å². The Hall–Kier alpha value is -2.45. The van der Waals surface area contributed by atoms with E-state index in [0.29, 0.717) is 0 Å².